The third kappa shape index (κ3) is 1.43. The molecule has 1 atom stereocenters. The predicted octanol–water partition coefficient (Wildman–Crippen LogP) is 1.45. The first-order valence-corrected chi connectivity index (χ1v) is 5.15. The van der Waals surface area contributed by atoms with Crippen molar-refractivity contribution in [2.45, 2.75) is 45.8 Å². The molecule has 4 nitrogen and oxygen atoms in total. The van der Waals surface area contributed by atoms with E-state index in [9.17, 15) is 0 Å². The molecule has 0 bridgehead atoms. The zero-order valence-corrected chi connectivity index (χ0v) is 9.36. The molecule has 0 saturated carbocycles. The molecule has 0 aromatic carbocycles. The molecule has 0 unspecified atom stereocenters. The minimum Gasteiger partial charge on any atom is -0.288 e. The summed E-state index contributed by atoms with van der Waals surface area (Å²) in [5, 5.41) is 8.02. The molecule has 0 amide bonds. The summed E-state index contributed by atoms with van der Waals surface area (Å²) < 4.78 is 2.01. The topological polar surface area (TPSA) is 34.0 Å². The van der Waals surface area contributed by atoms with Crippen LogP contribution in [0.4, 0.5) is 0 Å². The molecule has 2 heterocycles. The standard InChI is InChI=1S/C10H18N4/c1-8-9-7-11-12-14(9)6-5-13(8)10(2,3)4/h7-8H,5-6H2,1-4H3/t8-/m0/s1. The van der Waals surface area contributed by atoms with Gasteiger partial charge in [-0.2, -0.15) is 0 Å². The highest BCUT2D eigenvalue weighted by Gasteiger charge is 2.32. The van der Waals surface area contributed by atoms with E-state index in [2.05, 4.69) is 42.9 Å². The Hall–Kier alpha value is -0.900. The molecule has 0 radical (unpaired) electrons. The summed E-state index contributed by atoms with van der Waals surface area (Å²) in [6.07, 6.45) is 1.88. The molecule has 14 heavy (non-hydrogen) atoms. The van der Waals surface area contributed by atoms with E-state index in [-0.39, 0.29) is 5.54 Å². The fourth-order valence-electron chi connectivity index (χ4n) is 2.24. The van der Waals surface area contributed by atoms with Gasteiger partial charge in [0.1, 0.15) is 0 Å². The fraction of sp³-hybridized carbons (Fsp3) is 0.800. The fourth-order valence-corrected chi connectivity index (χ4v) is 2.24. The van der Waals surface area contributed by atoms with Crippen molar-refractivity contribution in [3.63, 3.8) is 0 Å². The summed E-state index contributed by atoms with van der Waals surface area (Å²) in [5.41, 5.74) is 1.45. The van der Waals surface area contributed by atoms with Gasteiger partial charge in [0.15, 0.2) is 0 Å². The predicted molar refractivity (Wildman–Crippen MR) is 54.9 cm³/mol. The second-order valence-corrected chi connectivity index (χ2v) is 4.92. The normalized spacial score (nSPS) is 23.6. The number of fused-ring (bicyclic) bond motifs is 1. The minimum atomic E-state index is 0.217. The van der Waals surface area contributed by atoms with Crippen LogP contribution >= 0.6 is 0 Å². The van der Waals surface area contributed by atoms with Crippen LogP contribution < -0.4 is 0 Å². The summed E-state index contributed by atoms with van der Waals surface area (Å²) in [7, 11) is 0. The Morgan fingerprint density at radius 1 is 1.36 bits per heavy atom. The lowest BCUT2D eigenvalue weighted by atomic mass is 10.0. The molecule has 0 spiro atoms. The van der Waals surface area contributed by atoms with E-state index in [1.54, 1.807) is 0 Å². The number of aromatic nitrogens is 3. The lowest BCUT2D eigenvalue weighted by Gasteiger charge is -2.42. The Balaban J connectivity index is 2.30. The molecule has 78 valence electrons. The van der Waals surface area contributed by atoms with E-state index in [0.29, 0.717) is 6.04 Å². The highest BCUT2D eigenvalue weighted by Crippen LogP contribution is 2.29. The first kappa shape index (κ1) is 9.65. The average molecular weight is 194 g/mol. The maximum atomic E-state index is 4.06. The second-order valence-electron chi connectivity index (χ2n) is 4.92. The lowest BCUT2D eigenvalue weighted by molar-refractivity contribution is 0.0614. The Morgan fingerprint density at radius 3 is 2.71 bits per heavy atom. The van der Waals surface area contributed by atoms with Crippen molar-refractivity contribution in [1.82, 2.24) is 19.9 Å². The second kappa shape index (κ2) is 3.05. The maximum Gasteiger partial charge on any atom is 0.0756 e. The smallest absolute Gasteiger partial charge is 0.0756 e. The highest BCUT2D eigenvalue weighted by atomic mass is 15.5. The zero-order chi connectivity index (χ0) is 10.3. The van der Waals surface area contributed by atoms with Crippen LogP contribution in [-0.4, -0.2) is 32.0 Å². The van der Waals surface area contributed by atoms with Crippen LogP contribution in [0.3, 0.4) is 0 Å². The number of nitrogens with zero attached hydrogens (tertiary/aromatic N) is 4. The summed E-state index contributed by atoms with van der Waals surface area (Å²) in [6.45, 7) is 11.0. The summed E-state index contributed by atoms with van der Waals surface area (Å²) in [5.74, 6) is 0. The largest absolute Gasteiger partial charge is 0.288 e. The van der Waals surface area contributed by atoms with Crippen LogP contribution in [0.25, 0.3) is 0 Å². The molecule has 0 N–H and O–H groups in total. The molecular formula is C10H18N4. The third-order valence-corrected chi connectivity index (χ3v) is 2.96. The molecule has 2 rings (SSSR count). The van der Waals surface area contributed by atoms with Gasteiger partial charge in [-0.15, -0.1) is 5.10 Å². The van der Waals surface area contributed by atoms with Crippen molar-refractivity contribution in [2.24, 2.45) is 0 Å². The first-order chi connectivity index (χ1) is 6.50. The number of hydrogen-bond donors (Lipinski definition) is 0. The van der Waals surface area contributed by atoms with Gasteiger partial charge in [0.25, 0.3) is 0 Å². The molecule has 0 fully saturated rings. The SMILES string of the molecule is C[C@H]1c2cnnn2CCN1C(C)(C)C. The number of rotatable bonds is 0. The van der Waals surface area contributed by atoms with Crippen LogP contribution in [0.2, 0.25) is 0 Å². The molecule has 0 aliphatic carbocycles. The molecular weight excluding hydrogens is 176 g/mol. The van der Waals surface area contributed by atoms with Gasteiger partial charge in [0, 0.05) is 12.1 Å². The van der Waals surface area contributed by atoms with Gasteiger partial charge in [0.2, 0.25) is 0 Å². The van der Waals surface area contributed by atoms with Crippen LogP contribution in [0, 0.1) is 0 Å². The summed E-state index contributed by atoms with van der Waals surface area (Å²) in [6, 6.07) is 0.416. The summed E-state index contributed by atoms with van der Waals surface area (Å²) >= 11 is 0. The first-order valence-electron chi connectivity index (χ1n) is 5.15. The Kier molecular flexibility index (Phi) is 2.10. The molecule has 1 aliphatic heterocycles. The van der Waals surface area contributed by atoms with Gasteiger partial charge >= 0.3 is 0 Å². The van der Waals surface area contributed by atoms with Gasteiger partial charge in [-0.25, -0.2) is 4.68 Å². The minimum absolute atomic E-state index is 0.217. The van der Waals surface area contributed by atoms with E-state index >= 15 is 0 Å². The maximum absolute atomic E-state index is 4.06. The molecule has 1 aliphatic rings. The zero-order valence-electron chi connectivity index (χ0n) is 9.36. The third-order valence-electron chi connectivity index (χ3n) is 2.96. The van der Waals surface area contributed by atoms with Crippen LogP contribution in [0.15, 0.2) is 6.20 Å². The van der Waals surface area contributed by atoms with Gasteiger partial charge in [-0.05, 0) is 27.7 Å². The monoisotopic (exact) mass is 194 g/mol. The van der Waals surface area contributed by atoms with Crippen molar-refractivity contribution in [3.05, 3.63) is 11.9 Å². The Labute approximate surface area is 84.9 Å². The van der Waals surface area contributed by atoms with Gasteiger partial charge in [-0.3, -0.25) is 4.90 Å². The van der Waals surface area contributed by atoms with Crippen LogP contribution in [0.5, 0.6) is 0 Å². The van der Waals surface area contributed by atoms with Crippen LogP contribution in [-0.2, 0) is 6.54 Å². The van der Waals surface area contributed by atoms with E-state index in [1.165, 1.54) is 5.69 Å². The van der Waals surface area contributed by atoms with Crippen LogP contribution in [0.1, 0.15) is 39.4 Å². The molecule has 4 heteroatoms. The quantitative estimate of drug-likeness (QED) is 0.627. The Bertz CT molecular complexity index is 323. The van der Waals surface area contributed by atoms with E-state index in [1.807, 2.05) is 10.9 Å². The number of hydrogen-bond acceptors (Lipinski definition) is 3. The van der Waals surface area contributed by atoms with Crippen molar-refractivity contribution in [3.8, 4) is 0 Å². The average Bonchev–Trinajstić information content (AvgIpc) is 2.50. The van der Waals surface area contributed by atoms with Crippen molar-refractivity contribution < 1.29 is 0 Å². The van der Waals surface area contributed by atoms with Crippen molar-refractivity contribution in [2.75, 3.05) is 6.54 Å². The van der Waals surface area contributed by atoms with E-state index in [4.69, 9.17) is 0 Å². The van der Waals surface area contributed by atoms with Gasteiger partial charge in [0.05, 0.1) is 24.5 Å². The molecule has 1 aromatic rings. The van der Waals surface area contributed by atoms with E-state index < -0.39 is 0 Å². The van der Waals surface area contributed by atoms with Gasteiger partial charge in [-0.1, -0.05) is 5.21 Å². The van der Waals surface area contributed by atoms with Crippen molar-refractivity contribution in [1.29, 1.82) is 0 Å². The van der Waals surface area contributed by atoms with Gasteiger partial charge < -0.3 is 0 Å². The van der Waals surface area contributed by atoms with Crippen molar-refractivity contribution >= 4 is 0 Å². The highest BCUT2D eigenvalue weighted by molar-refractivity contribution is 5.05. The lowest BCUT2D eigenvalue weighted by Crippen LogP contribution is -2.48. The van der Waals surface area contributed by atoms with E-state index in [0.717, 1.165) is 13.1 Å². The summed E-state index contributed by atoms with van der Waals surface area (Å²) in [4.78, 5) is 2.49. The molecule has 0 saturated heterocycles. The Morgan fingerprint density at radius 2 is 2.07 bits per heavy atom. The molecule has 1 aromatic heterocycles.